The van der Waals surface area contributed by atoms with Crippen molar-refractivity contribution in [1.29, 1.82) is 0 Å². The zero-order valence-corrected chi connectivity index (χ0v) is 33.3. The van der Waals surface area contributed by atoms with Crippen LogP contribution in [-0.4, -0.2) is 149 Å². The van der Waals surface area contributed by atoms with E-state index in [-0.39, 0.29) is 0 Å². The summed E-state index contributed by atoms with van der Waals surface area (Å²) in [5, 5.41) is 167. The lowest BCUT2D eigenvalue weighted by atomic mass is 9.92. The molecule has 68 heavy (non-hydrogen) atoms. The zero-order valence-electron chi connectivity index (χ0n) is 33.3. The molecule has 0 spiro atoms. The highest BCUT2D eigenvalue weighted by molar-refractivity contribution is 6.08. The summed E-state index contributed by atoms with van der Waals surface area (Å²) in [6.07, 6.45) is -12.3. The number of rotatable bonds is 7. The monoisotopic (exact) mass is 954 g/mol. The minimum atomic E-state index is -2.64. The smallest absolute Gasteiger partial charge is 0.342 e. The molecule has 0 aliphatic carbocycles. The number of carbonyl (C=O) groups is 5. The van der Waals surface area contributed by atoms with E-state index in [9.17, 15) is 106 Å². The predicted octanol–water partition coefficient (Wildman–Crippen LogP) is 1.59. The quantitative estimate of drug-likeness (QED) is 0.0625. The van der Waals surface area contributed by atoms with Gasteiger partial charge < -0.3 is 110 Å². The molecular formula is C41H30O27. The second-order valence-corrected chi connectivity index (χ2v) is 14.4. The Morgan fingerprint density at radius 2 is 1.01 bits per heavy atom. The number of cyclic esters (lactones) is 1. The van der Waals surface area contributed by atoms with Crippen LogP contribution in [0.25, 0.3) is 11.1 Å². The maximum Gasteiger partial charge on any atom is 0.342 e. The van der Waals surface area contributed by atoms with Crippen molar-refractivity contribution < 1.29 is 134 Å². The van der Waals surface area contributed by atoms with Crippen molar-refractivity contribution in [2.45, 2.75) is 30.7 Å². The molecule has 0 amide bonds. The summed E-state index contributed by atoms with van der Waals surface area (Å²) < 4.78 is 32.6. The summed E-state index contributed by atoms with van der Waals surface area (Å²) in [7, 11) is 0. The van der Waals surface area contributed by atoms with Crippen LogP contribution in [0.3, 0.4) is 0 Å². The molecule has 0 aromatic heterocycles. The Kier molecular flexibility index (Phi) is 11.6. The third-order valence-corrected chi connectivity index (χ3v) is 10.2. The topological polar surface area (TPSA) is 464 Å². The summed E-state index contributed by atoms with van der Waals surface area (Å²) in [6.45, 7) is -1.21. The highest BCUT2D eigenvalue weighted by Gasteiger charge is 2.53. The summed E-state index contributed by atoms with van der Waals surface area (Å²) in [5.41, 5.74) is -6.96. The molecule has 2 unspecified atom stereocenters. The van der Waals surface area contributed by atoms with Crippen molar-refractivity contribution in [3.63, 3.8) is 0 Å². The summed E-state index contributed by atoms with van der Waals surface area (Å²) in [4.78, 5) is 67.5. The normalized spacial score (nSPS) is 18.9. The molecule has 7 rings (SSSR count). The lowest BCUT2D eigenvalue weighted by Gasteiger charge is -2.42. The number of esters is 4. The Morgan fingerprint density at radius 1 is 0.529 bits per heavy atom. The van der Waals surface area contributed by atoms with E-state index >= 15 is 0 Å². The molecule has 356 valence electrons. The van der Waals surface area contributed by atoms with Crippen LogP contribution in [0.5, 0.6) is 92.0 Å². The highest BCUT2D eigenvalue weighted by Crippen LogP contribution is 2.54. The van der Waals surface area contributed by atoms with Crippen LogP contribution in [0.4, 0.5) is 0 Å². The van der Waals surface area contributed by atoms with Crippen molar-refractivity contribution in [1.82, 2.24) is 0 Å². The number of aromatic carboxylic acids is 1. The molecule has 1 fully saturated rings. The number of carboxylic acids is 1. The average molecular weight is 955 g/mol. The average Bonchev–Trinajstić information content (AvgIpc) is 3.29. The summed E-state index contributed by atoms with van der Waals surface area (Å²) in [6, 6.07) is 3.39. The number of phenols is 14. The van der Waals surface area contributed by atoms with Crippen LogP contribution in [0, 0.1) is 0 Å². The Bertz CT molecular complexity index is 2970. The van der Waals surface area contributed by atoms with E-state index in [2.05, 4.69) is 0 Å². The molecular weight excluding hydrogens is 924 g/mol. The number of carboxylic acid groups (broad SMARTS) is 1. The SMILES string of the molecule is O=C(O)c1cc(O)c(O)c(Oc2c(C(=O)O[C@@H]3C(O)OC4COC(=O)c5cc(O)c(O)c(O)c5-c5c(cc(O)c(O)c5O)C(=O)O[C@H]4[C@@H]3OC(=O)c3cc(O)c(O)c(O)c3)cc(O)c(O)c2O)c1. The van der Waals surface area contributed by atoms with Crippen molar-refractivity contribution in [3.05, 3.63) is 70.3 Å². The fourth-order valence-electron chi connectivity index (χ4n) is 6.86. The second kappa shape index (κ2) is 17.1. The number of aliphatic hydroxyl groups excluding tert-OH is 1. The van der Waals surface area contributed by atoms with Gasteiger partial charge in [0.25, 0.3) is 0 Å². The fraction of sp³-hybridized carbons (Fsp3) is 0.146. The van der Waals surface area contributed by atoms with E-state index in [0.29, 0.717) is 42.5 Å². The van der Waals surface area contributed by atoms with Gasteiger partial charge in [0.2, 0.25) is 28.7 Å². The molecule has 0 radical (unpaired) electrons. The van der Waals surface area contributed by atoms with E-state index in [1.165, 1.54) is 0 Å². The molecule has 5 aromatic carbocycles. The number of fused-ring (bicyclic) bond motifs is 4. The summed E-state index contributed by atoms with van der Waals surface area (Å²) >= 11 is 0. The standard InChI is InChI=1S/C41H30O27/c42-14-2-10(3-15(43)24(14)48)37(58)67-34-33-21(8-63-38(59)11-5-17(45)26(50)29(53)22(11)23-12(39(60)66-33)6-18(46)27(51)30(23)54)65-41(62)35(34)68-40(61)13-7-19(47)28(52)31(55)32(13)64-20-4-9(36(56)57)1-16(44)25(20)49/h1-7,21,33-35,41-55,62H,8H2,(H,56,57)/t21?,33-,34+,35+,41?/m1/s1. The van der Waals surface area contributed by atoms with Gasteiger partial charge in [-0.05, 0) is 36.4 Å². The third kappa shape index (κ3) is 7.96. The molecule has 5 aromatic rings. The Hall–Kier alpha value is -9.63. The Morgan fingerprint density at radius 3 is 1.59 bits per heavy atom. The maximum absolute atomic E-state index is 14.3. The van der Waals surface area contributed by atoms with Gasteiger partial charge in [0.15, 0.2) is 87.8 Å². The molecule has 2 aliphatic rings. The molecule has 27 nitrogen and oxygen atoms in total. The van der Waals surface area contributed by atoms with Crippen LogP contribution in [0.1, 0.15) is 51.8 Å². The number of phenolic OH excluding ortho intramolecular Hbond substituents is 14. The molecule has 0 saturated carbocycles. The molecule has 27 heteroatoms. The largest absolute Gasteiger partial charge is 0.504 e. The number of benzene rings is 5. The second-order valence-electron chi connectivity index (χ2n) is 14.4. The first-order valence-electron chi connectivity index (χ1n) is 18.6. The molecule has 1 saturated heterocycles. The fourth-order valence-corrected chi connectivity index (χ4v) is 6.86. The van der Waals surface area contributed by atoms with E-state index in [1.807, 2.05) is 0 Å². The minimum absolute atomic E-state index is 0.340. The van der Waals surface area contributed by atoms with Gasteiger partial charge in [-0.3, -0.25) is 0 Å². The number of aromatic hydroxyl groups is 14. The van der Waals surface area contributed by atoms with Gasteiger partial charge in [0.1, 0.15) is 18.3 Å². The van der Waals surface area contributed by atoms with Gasteiger partial charge in [-0.1, -0.05) is 0 Å². The number of aliphatic hydroxyl groups is 1. The van der Waals surface area contributed by atoms with Crippen LogP contribution >= 0.6 is 0 Å². The highest BCUT2D eigenvalue weighted by atomic mass is 16.7. The van der Waals surface area contributed by atoms with Gasteiger partial charge in [0.05, 0.1) is 22.3 Å². The number of hydrogen-bond donors (Lipinski definition) is 16. The molecule has 2 heterocycles. The van der Waals surface area contributed by atoms with Gasteiger partial charge in [-0.25, -0.2) is 24.0 Å². The lowest BCUT2D eigenvalue weighted by molar-refractivity contribution is -0.284. The first kappa shape index (κ1) is 46.4. The van der Waals surface area contributed by atoms with Crippen LogP contribution < -0.4 is 4.74 Å². The van der Waals surface area contributed by atoms with E-state index < -0.39 is 198 Å². The van der Waals surface area contributed by atoms with E-state index in [1.54, 1.807) is 0 Å². The minimum Gasteiger partial charge on any atom is -0.504 e. The van der Waals surface area contributed by atoms with Crippen LogP contribution in [-0.2, 0) is 23.7 Å². The Labute approximate surface area is 374 Å². The van der Waals surface area contributed by atoms with Gasteiger partial charge >= 0.3 is 29.8 Å². The van der Waals surface area contributed by atoms with Crippen molar-refractivity contribution in [2.24, 2.45) is 0 Å². The van der Waals surface area contributed by atoms with Crippen molar-refractivity contribution in [3.8, 4) is 103 Å². The molecule has 5 atom stereocenters. The maximum atomic E-state index is 14.3. The Balaban J connectivity index is 1.38. The molecule has 2 aliphatic heterocycles. The lowest BCUT2D eigenvalue weighted by Crippen LogP contribution is -2.62. The number of carbonyl (C=O) groups excluding carboxylic acids is 4. The van der Waals surface area contributed by atoms with Gasteiger partial charge in [-0.2, -0.15) is 0 Å². The van der Waals surface area contributed by atoms with Gasteiger partial charge in [0, 0.05) is 17.2 Å². The first-order valence-corrected chi connectivity index (χ1v) is 18.6. The van der Waals surface area contributed by atoms with Crippen molar-refractivity contribution >= 4 is 29.8 Å². The van der Waals surface area contributed by atoms with Crippen molar-refractivity contribution in [2.75, 3.05) is 6.61 Å². The predicted molar refractivity (Wildman–Crippen MR) is 210 cm³/mol. The third-order valence-electron chi connectivity index (χ3n) is 10.2. The molecule has 16 N–H and O–H groups in total. The molecule has 0 bridgehead atoms. The van der Waals surface area contributed by atoms with Crippen LogP contribution in [0.15, 0.2) is 42.5 Å². The van der Waals surface area contributed by atoms with E-state index in [4.69, 9.17) is 28.4 Å². The van der Waals surface area contributed by atoms with E-state index in [0.717, 1.165) is 0 Å². The van der Waals surface area contributed by atoms with Gasteiger partial charge in [-0.15, -0.1) is 0 Å². The number of hydrogen-bond acceptors (Lipinski definition) is 26. The van der Waals surface area contributed by atoms with Crippen LogP contribution in [0.2, 0.25) is 0 Å². The number of ether oxygens (including phenoxy) is 6. The zero-order chi connectivity index (χ0) is 50.0. The summed E-state index contributed by atoms with van der Waals surface area (Å²) in [5.74, 6) is -29.0. The first-order chi connectivity index (χ1) is 31.9.